The van der Waals surface area contributed by atoms with Crippen LogP contribution in [0.2, 0.25) is 0 Å². The van der Waals surface area contributed by atoms with E-state index in [1.54, 1.807) is 12.1 Å². The maximum Gasteiger partial charge on any atom is 0.211 e. The Bertz CT molecular complexity index is 376. The third-order valence-corrected chi connectivity index (χ3v) is 2.81. The summed E-state index contributed by atoms with van der Waals surface area (Å²) in [6, 6.07) is 3.33. The average Bonchev–Trinajstić information content (AvgIpc) is 2.37. The Kier molecular flexibility index (Phi) is 6.02. The van der Waals surface area contributed by atoms with E-state index in [-0.39, 0.29) is 36.3 Å². The molecule has 1 aliphatic heterocycles. The minimum atomic E-state index is -0.191. The summed E-state index contributed by atoms with van der Waals surface area (Å²) >= 11 is 0. The number of nitrogens with zero attached hydrogens (tertiary/aromatic N) is 1. The molecule has 6 heteroatoms. The van der Waals surface area contributed by atoms with E-state index in [0.717, 1.165) is 24.4 Å². The topological polar surface area (TPSA) is 54.4 Å². The van der Waals surface area contributed by atoms with E-state index in [2.05, 4.69) is 24.1 Å². The van der Waals surface area contributed by atoms with E-state index in [1.165, 1.54) is 0 Å². The first-order chi connectivity index (χ1) is 7.13. The van der Waals surface area contributed by atoms with Crippen molar-refractivity contribution in [2.45, 2.75) is 32.4 Å². The summed E-state index contributed by atoms with van der Waals surface area (Å²) in [5.41, 5.74) is 0.580. The summed E-state index contributed by atoms with van der Waals surface area (Å²) in [7, 11) is 0. The Morgan fingerprint density at radius 2 is 2.18 bits per heavy atom. The smallest absolute Gasteiger partial charge is 0.211 e. The maximum atomic E-state index is 9.27. The summed E-state index contributed by atoms with van der Waals surface area (Å²) < 4.78 is 5.91. The number of fused-ring (bicyclic) bond motifs is 1. The van der Waals surface area contributed by atoms with E-state index < -0.39 is 0 Å². The highest BCUT2D eigenvalue weighted by Crippen LogP contribution is 2.27. The maximum absolute atomic E-state index is 9.27. The van der Waals surface area contributed by atoms with Crippen LogP contribution in [0.25, 0.3) is 0 Å². The van der Waals surface area contributed by atoms with Gasteiger partial charge in [-0.2, -0.15) is 0 Å². The molecule has 1 aliphatic rings. The van der Waals surface area contributed by atoms with E-state index in [0.29, 0.717) is 6.54 Å². The van der Waals surface area contributed by atoms with Crippen LogP contribution in [0, 0.1) is 0 Å². The zero-order chi connectivity index (χ0) is 10.9. The van der Waals surface area contributed by atoms with Gasteiger partial charge in [0.15, 0.2) is 0 Å². The largest absolute Gasteiger partial charge is 0.493 e. The van der Waals surface area contributed by atoms with Gasteiger partial charge in [0.05, 0.1) is 0 Å². The average molecular weight is 281 g/mol. The summed E-state index contributed by atoms with van der Waals surface area (Å²) in [4.78, 5) is 4.04. The second-order valence-corrected chi connectivity index (χ2v) is 4.12. The minimum absolute atomic E-state index is 0. The van der Waals surface area contributed by atoms with Gasteiger partial charge in [-0.05, 0) is 19.4 Å². The van der Waals surface area contributed by atoms with Gasteiger partial charge in [0.1, 0.15) is 17.0 Å². The lowest BCUT2D eigenvalue weighted by Crippen LogP contribution is -2.40. The van der Waals surface area contributed by atoms with E-state index in [1.807, 2.05) is 0 Å². The predicted octanol–water partition coefficient (Wildman–Crippen LogP) is 2.28. The third kappa shape index (κ3) is 3.63. The molecule has 0 bridgehead atoms. The Hall–Kier alpha value is -0.710. The predicted molar refractivity (Wildman–Crippen MR) is 71.4 cm³/mol. The van der Waals surface area contributed by atoms with Crippen molar-refractivity contribution >= 4 is 24.8 Å². The van der Waals surface area contributed by atoms with Gasteiger partial charge in [-0.3, -0.25) is 0 Å². The number of pyridine rings is 1. The molecule has 0 amide bonds. The molecule has 2 N–H and O–H groups in total. The van der Waals surface area contributed by atoms with Crippen LogP contribution in [-0.4, -0.2) is 22.2 Å². The summed E-state index contributed by atoms with van der Waals surface area (Å²) in [5.74, 6) is 0.807. The number of halogens is 2. The lowest BCUT2D eigenvalue weighted by atomic mass is 10.0. The van der Waals surface area contributed by atoms with Crippen LogP contribution >= 0.6 is 24.8 Å². The first-order valence-corrected chi connectivity index (χ1v) is 5.21. The van der Waals surface area contributed by atoms with E-state index >= 15 is 0 Å². The molecule has 0 aliphatic carbocycles. The standard InChI is InChI=1S/C11H16N2O2.2ClH/c1-3-11(2)7-12-6-8-9(15-11)4-5-10(14)13-8;;/h4-5,12H,3,6-7H2,1-2H3,(H,13,14);2*1H/t11-;;/m0../s1. The van der Waals surface area contributed by atoms with Crippen LogP contribution in [-0.2, 0) is 6.54 Å². The van der Waals surface area contributed by atoms with Crippen molar-refractivity contribution in [3.63, 3.8) is 0 Å². The highest BCUT2D eigenvalue weighted by molar-refractivity contribution is 5.85. The Balaban J connectivity index is 0.00000128. The number of aromatic hydroxyl groups is 1. The second-order valence-electron chi connectivity index (χ2n) is 4.12. The van der Waals surface area contributed by atoms with Gasteiger partial charge in [0, 0.05) is 19.2 Å². The molecule has 4 nitrogen and oxygen atoms in total. The Labute approximate surface area is 114 Å². The summed E-state index contributed by atoms with van der Waals surface area (Å²) in [6.45, 7) is 5.60. The number of hydrogen-bond donors (Lipinski definition) is 2. The Morgan fingerprint density at radius 3 is 2.82 bits per heavy atom. The van der Waals surface area contributed by atoms with Crippen molar-refractivity contribution in [2.75, 3.05) is 6.54 Å². The van der Waals surface area contributed by atoms with Gasteiger partial charge in [0.25, 0.3) is 0 Å². The summed E-state index contributed by atoms with van der Waals surface area (Å²) in [6.07, 6.45) is 0.931. The number of nitrogens with one attached hydrogen (secondary N) is 1. The first-order valence-electron chi connectivity index (χ1n) is 5.21. The van der Waals surface area contributed by atoms with Crippen LogP contribution in [0.15, 0.2) is 12.1 Å². The highest BCUT2D eigenvalue weighted by atomic mass is 35.5. The zero-order valence-electron chi connectivity index (χ0n) is 9.90. The fourth-order valence-corrected chi connectivity index (χ4v) is 1.64. The zero-order valence-corrected chi connectivity index (χ0v) is 11.5. The SMILES string of the molecule is CC[C@@]1(C)CNCc2nc(O)ccc2O1.Cl.Cl. The molecule has 1 aromatic heterocycles. The molecule has 1 atom stereocenters. The van der Waals surface area contributed by atoms with Crippen molar-refractivity contribution in [2.24, 2.45) is 0 Å². The molecule has 17 heavy (non-hydrogen) atoms. The molecule has 2 rings (SSSR count). The summed E-state index contributed by atoms with van der Waals surface area (Å²) in [5, 5.41) is 12.5. The second kappa shape index (κ2) is 6.28. The molecule has 2 heterocycles. The van der Waals surface area contributed by atoms with Gasteiger partial charge in [-0.15, -0.1) is 24.8 Å². The quantitative estimate of drug-likeness (QED) is 0.829. The fourth-order valence-electron chi connectivity index (χ4n) is 1.64. The lowest BCUT2D eigenvalue weighted by molar-refractivity contribution is 0.0896. The van der Waals surface area contributed by atoms with Gasteiger partial charge in [-0.1, -0.05) is 6.92 Å². The van der Waals surface area contributed by atoms with Crippen LogP contribution in [0.1, 0.15) is 26.0 Å². The minimum Gasteiger partial charge on any atom is -0.493 e. The number of rotatable bonds is 1. The van der Waals surface area contributed by atoms with Crippen molar-refractivity contribution in [1.82, 2.24) is 10.3 Å². The van der Waals surface area contributed by atoms with Crippen molar-refractivity contribution in [3.8, 4) is 11.6 Å². The molecular formula is C11H18Cl2N2O2. The molecule has 0 aromatic carbocycles. The van der Waals surface area contributed by atoms with Crippen molar-refractivity contribution in [3.05, 3.63) is 17.8 Å². The number of aromatic nitrogens is 1. The highest BCUT2D eigenvalue weighted by Gasteiger charge is 2.28. The molecular weight excluding hydrogens is 263 g/mol. The number of hydrogen-bond acceptors (Lipinski definition) is 4. The fraction of sp³-hybridized carbons (Fsp3) is 0.545. The normalized spacial score (nSPS) is 22.2. The van der Waals surface area contributed by atoms with Gasteiger partial charge >= 0.3 is 0 Å². The van der Waals surface area contributed by atoms with E-state index in [4.69, 9.17) is 4.74 Å². The third-order valence-electron chi connectivity index (χ3n) is 2.81. The molecule has 0 spiro atoms. The molecule has 0 radical (unpaired) electrons. The van der Waals surface area contributed by atoms with Crippen LogP contribution in [0.3, 0.4) is 0 Å². The van der Waals surface area contributed by atoms with Crippen molar-refractivity contribution in [1.29, 1.82) is 0 Å². The lowest BCUT2D eigenvalue weighted by Gasteiger charge is -2.27. The Morgan fingerprint density at radius 1 is 1.47 bits per heavy atom. The van der Waals surface area contributed by atoms with Crippen molar-refractivity contribution < 1.29 is 9.84 Å². The molecule has 98 valence electrons. The molecule has 0 saturated carbocycles. The monoisotopic (exact) mass is 280 g/mol. The first kappa shape index (κ1) is 16.3. The van der Waals surface area contributed by atoms with Gasteiger partial charge in [-0.25, -0.2) is 4.98 Å². The van der Waals surface area contributed by atoms with Crippen LogP contribution in [0.4, 0.5) is 0 Å². The van der Waals surface area contributed by atoms with Gasteiger partial charge in [0.2, 0.25) is 5.88 Å². The molecule has 0 unspecified atom stereocenters. The molecule has 0 saturated heterocycles. The van der Waals surface area contributed by atoms with Crippen LogP contribution < -0.4 is 10.1 Å². The molecule has 0 fully saturated rings. The van der Waals surface area contributed by atoms with Crippen LogP contribution in [0.5, 0.6) is 11.6 Å². The number of ether oxygens (including phenoxy) is 1. The molecule has 1 aromatic rings. The van der Waals surface area contributed by atoms with E-state index in [9.17, 15) is 5.11 Å². The van der Waals surface area contributed by atoms with Gasteiger partial charge < -0.3 is 15.2 Å².